The number of hydrogen-bond donors (Lipinski definition) is 6. The van der Waals surface area contributed by atoms with Crippen molar-refractivity contribution in [3.05, 3.63) is 36.0 Å². The molecule has 2 heterocycles. The molecule has 11 nitrogen and oxygen atoms in total. The zero-order valence-electron chi connectivity index (χ0n) is 21.7. The minimum Gasteiger partial charge on any atom is -0.368 e. The molecule has 1 unspecified atom stereocenters. The third kappa shape index (κ3) is 6.83. The molecule has 0 radical (unpaired) electrons. The topological polar surface area (TPSA) is 175 Å². The second kappa shape index (κ2) is 12.8. The van der Waals surface area contributed by atoms with Crippen LogP contribution < -0.4 is 27.4 Å². The fraction of sp³-hybridized carbons (Fsp3) is 0.556. The Morgan fingerprint density at radius 1 is 1.03 bits per heavy atom. The minimum atomic E-state index is -0.778. The molecular formula is C27H39N7O4. The van der Waals surface area contributed by atoms with E-state index in [1.54, 1.807) is 0 Å². The first kappa shape index (κ1) is 27.4. The number of carbonyl (C=O) groups is 4. The number of benzene rings is 1. The molecule has 8 N–H and O–H groups in total. The Hall–Kier alpha value is -3.60. The highest BCUT2D eigenvalue weighted by Crippen LogP contribution is 2.25. The van der Waals surface area contributed by atoms with E-state index in [2.05, 4.69) is 20.9 Å². The van der Waals surface area contributed by atoms with Gasteiger partial charge in [0.1, 0.15) is 6.04 Å². The number of primary amides is 2. The molecule has 0 bridgehead atoms. The number of nitrogens with zero attached hydrogens (tertiary/aromatic N) is 1. The fourth-order valence-electron chi connectivity index (χ4n) is 5.41. The Labute approximate surface area is 222 Å². The Kier molecular flexibility index (Phi) is 9.22. The number of aromatic amines is 1. The molecule has 1 aliphatic heterocycles. The number of H-pyrrole nitrogens is 1. The highest BCUT2D eigenvalue weighted by atomic mass is 16.2. The number of piperidine rings is 1. The highest BCUT2D eigenvalue weighted by molar-refractivity contribution is 5.91. The van der Waals surface area contributed by atoms with Crippen LogP contribution in [-0.4, -0.2) is 70.9 Å². The molecule has 0 spiro atoms. The van der Waals surface area contributed by atoms with Gasteiger partial charge in [0.2, 0.25) is 17.7 Å². The zero-order valence-corrected chi connectivity index (χ0v) is 21.7. The quantitative estimate of drug-likeness (QED) is 0.226. The summed E-state index contributed by atoms with van der Waals surface area (Å²) < 4.78 is 0. The summed E-state index contributed by atoms with van der Waals surface area (Å²) in [7, 11) is 0. The summed E-state index contributed by atoms with van der Waals surface area (Å²) >= 11 is 0. The van der Waals surface area contributed by atoms with Crippen molar-refractivity contribution in [2.24, 2.45) is 11.5 Å². The molecule has 2 aromatic rings. The van der Waals surface area contributed by atoms with E-state index in [1.165, 1.54) is 0 Å². The average Bonchev–Trinajstić information content (AvgIpc) is 3.29. The summed E-state index contributed by atoms with van der Waals surface area (Å²) in [5, 5.41) is 9.54. The molecule has 2 fully saturated rings. The number of fused-ring (bicyclic) bond motifs is 1. The molecule has 1 saturated carbocycles. The third-order valence-corrected chi connectivity index (χ3v) is 7.72. The van der Waals surface area contributed by atoms with Gasteiger partial charge >= 0.3 is 6.03 Å². The van der Waals surface area contributed by atoms with Gasteiger partial charge < -0.3 is 32.4 Å². The van der Waals surface area contributed by atoms with E-state index in [1.807, 2.05) is 35.4 Å². The van der Waals surface area contributed by atoms with Gasteiger partial charge in [-0.05, 0) is 69.5 Å². The van der Waals surface area contributed by atoms with Crippen molar-refractivity contribution >= 4 is 34.7 Å². The van der Waals surface area contributed by atoms with Gasteiger partial charge in [-0.25, -0.2) is 4.79 Å². The van der Waals surface area contributed by atoms with Crippen molar-refractivity contribution in [2.75, 3.05) is 13.1 Å². The van der Waals surface area contributed by atoms with Crippen molar-refractivity contribution in [3.8, 4) is 0 Å². The maximum atomic E-state index is 13.9. The summed E-state index contributed by atoms with van der Waals surface area (Å²) in [6.45, 7) is 0.864. The van der Waals surface area contributed by atoms with Crippen LogP contribution in [0.1, 0.15) is 56.9 Å². The summed E-state index contributed by atoms with van der Waals surface area (Å²) in [6, 6.07) is 5.34. The van der Waals surface area contributed by atoms with Crippen LogP contribution in [0.3, 0.4) is 0 Å². The second-order valence-electron chi connectivity index (χ2n) is 10.4. The summed E-state index contributed by atoms with van der Waals surface area (Å²) in [5.74, 6) is -1.00. The Morgan fingerprint density at radius 2 is 1.82 bits per heavy atom. The number of likely N-dealkylation sites (tertiary alicyclic amines) is 1. The lowest BCUT2D eigenvalue weighted by Gasteiger charge is -2.39. The Morgan fingerprint density at radius 3 is 2.53 bits per heavy atom. The minimum absolute atomic E-state index is 0.119. The SMILES string of the molecule is NC(=O)NCCC[C@H](NC(=O)[C@H](Cc1c[nH]c2ccccc12)N1CCCCC1C(N)=O)C(=O)NC1CCC1. The molecule has 1 aromatic heterocycles. The number of nitrogens with one attached hydrogen (secondary N) is 4. The monoisotopic (exact) mass is 525 g/mol. The maximum Gasteiger partial charge on any atom is 0.312 e. The molecule has 2 aliphatic rings. The van der Waals surface area contributed by atoms with Crippen LogP contribution >= 0.6 is 0 Å². The van der Waals surface area contributed by atoms with E-state index in [9.17, 15) is 19.2 Å². The molecule has 4 rings (SSSR count). The highest BCUT2D eigenvalue weighted by Gasteiger charge is 2.38. The average molecular weight is 526 g/mol. The lowest BCUT2D eigenvalue weighted by atomic mass is 9.92. The fourth-order valence-corrected chi connectivity index (χ4v) is 5.41. The van der Waals surface area contributed by atoms with Crippen LogP contribution in [-0.2, 0) is 20.8 Å². The van der Waals surface area contributed by atoms with E-state index in [4.69, 9.17) is 11.5 Å². The molecule has 5 amide bonds. The summed E-state index contributed by atoms with van der Waals surface area (Å²) in [4.78, 5) is 55.6. The lowest BCUT2D eigenvalue weighted by Crippen LogP contribution is -2.60. The molecule has 1 saturated heterocycles. The van der Waals surface area contributed by atoms with Gasteiger partial charge in [0, 0.05) is 29.7 Å². The van der Waals surface area contributed by atoms with E-state index in [-0.39, 0.29) is 17.9 Å². The number of carbonyl (C=O) groups excluding carboxylic acids is 4. The normalized spacial score (nSPS) is 19.7. The molecule has 38 heavy (non-hydrogen) atoms. The maximum absolute atomic E-state index is 13.9. The molecule has 206 valence electrons. The van der Waals surface area contributed by atoms with Gasteiger partial charge in [-0.2, -0.15) is 0 Å². The molecule has 1 aliphatic carbocycles. The Balaban J connectivity index is 1.56. The van der Waals surface area contributed by atoms with Crippen molar-refractivity contribution < 1.29 is 19.2 Å². The van der Waals surface area contributed by atoms with Crippen LogP contribution in [0.25, 0.3) is 10.9 Å². The number of nitrogens with two attached hydrogens (primary N) is 2. The number of para-hydroxylation sites is 1. The molecule has 1 aromatic carbocycles. The first-order valence-corrected chi connectivity index (χ1v) is 13.6. The first-order chi connectivity index (χ1) is 18.3. The largest absolute Gasteiger partial charge is 0.368 e. The van der Waals surface area contributed by atoms with Crippen LogP contribution in [0, 0.1) is 0 Å². The predicted molar refractivity (Wildman–Crippen MR) is 144 cm³/mol. The van der Waals surface area contributed by atoms with Crippen molar-refractivity contribution in [1.82, 2.24) is 25.8 Å². The van der Waals surface area contributed by atoms with Gasteiger partial charge in [0.25, 0.3) is 0 Å². The van der Waals surface area contributed by atoms with Crippen LogP contribution in [0.5, 0.6) is 0 Å². The molecular weight excluding hydrogens is 486 g/mol. The number of rotatable bonds is 12. The molecule has 11 heteroatoms. The zero-order chi connectivity index (χ0) is 27.1. The summed E-state index contributed by atoms with van der Waals surface area (Å²) in [5.41, 5.74) is 12.8. The third-order valence-electron chi connectivity index (χ3n) is 7.72. The number of aromatic nitrogens is 1. The lowest BCUT2D eigenvalue weighted by molar-refractivity contribution is -0.136. The standard InChI is InChI=1S/C27H39N7O4/c28-24(35)22-12-3-4-14-34(22)23(15-17-16-31-20-10-2-1-9-19(17)20)26(37)33-21(11-6-13-30-27(29)38)25(36)32-18-7-5-8-18/h1-2,9-10,16,18,21-23,31H,3-8,11-15H2,(H2,28,35)(H,32,36)(H,33,37)(H3,29,30,38)/t21-,22?,23-/m0/s1. The number of hydrogen-bond acceptors (Lipinski definition) is 5. The van der Waals surface area contributed by atoms with E-state index < -0.39 is 30.1 Å². The van der Waals surface area contributed by atoms with Gasteiger partial charge in [-0.15, -0.1) is 0 Å². The number of urea groups is 1. The van der Waals surface area contributed by atoms with Crippen LogP contribution in [0.2, 0.25) is 0 Å². The predicted octanol–water partition coefficient (Wildman–Crippen LogP) is 1.02. The van der Waals surface area contributed by atoms with Crippen molar-refractivity contribution in [1.29, 1.82) is 0 Å². The van der Waals surface area contributed by atoms with E-state index >= 15 is 0 Å². The van der Waals surface area contributed by atoms with Crippen molar-refractivity contribution in [3.63, 3.8) is 0 Å². The van der Waals surface area contributed by atoms with Gasteiger partial charge in [0.05, 0.1) is 12.1 Å². The van der Waals surface area contributed by atoms with Gasteiger partial charge in [-0.3, -0.25) is 19.3 Å². The molecule has 3 atom stereocenters. The first-order valence-electron chi connectivity index (χ1n) is 13.6. The summed E-state index contributed by atoms with van der Waals surface area (Å²) in [6.07, 6.45) is 8.29. The van der Waals surface area contributed by atoms with E-state index in [0.717, 1.165) is 48.6 Å². The smallest absolute Gasteiger partial charge is 0.312 e. The van der Waals surface area contributed by atoms with Gasteiger partial charge in [-0.1, -0.05) is 24.6 Å². The van der Waals surface area contributed by atoms with Crippen LogP contribution in [0.4, 0.5) is 4.79 Å². The van der Waals surface area contributed by atoms with Crippen LogP contribution in [0.15, 0.2) is 30.5 Å². The Bertz CT molecular complexity index is 1150. The second-order valence-corrected chi connectivity index (χ2v) is 10.4. The number of amides is 5. The van der Waals surface area contributed by atoms with E-state index in [0.29, 0.717) is 38.8 Å². The van der Waals surface area contributed by atoms with Gasteiger partial charge in [0.15, 0.2) is 0 Å². The van der Waals surface area contributed by atoms with Crippen molar-refractivity contribution in [2.45, 2.75) is 82.0 Å².